The summed E-state index contributed by atoms with van der Waals surface area (Å²) in [6.07, 6.45) is 0.941. The zero-order valence-corrected chi connectivity index (χ0v) is 7.43. The van der Waals surface area contributed by atoms with Gasteiger partial charge in [0.15, 0.2) is 0 Å². The van der Waals surface area contributed by atoms with Gasteiger partial charge in [0, 0.05) is 17.8 Å². The van der Waals surface area contributed by atoms with Crippen LogP contribution in [-0.4, -0.2) is 21.0 Å². The maximum atomic E-state index is 10.5. The normalized spacial score (nSPS) is 9.79. The molecule has 1 aromatic rings. The predicted octanol–water partition coefficient (Wildman–Crippen LogP) is 0.925. The van der Waals surface area contributed by atoms with Crippen LogP contribution < -0.4 is 0 Å². The predicted molar refractivity (Wildman–Crippen MR) is 47.0 cm³/mol. The van der Waals surface area contributed by atoms with E-state index in [9.17, 15) is 14.9 Å². The Hall–Kier alpha value is -1.98. The van der Waals surface area contributed by atoms with Crippen molar-refractivity contribution in [3.05, 3.63) is 33.6 Å². The van der Waals surface area contributed by atoms with Gasteiger partial charge >= 0.3 is 5.97 Å². The Bertz CT molecular complexity index is 389. The number of rotatable bonds is 3. The topological polar surface area (TPSA) is 93.3 Å². The molecule has 0 aromatic carbocycles. The molecule has 6 nitrogen and oxygen atoms in total. The molecule has 0 aliphatic heterocycles. The fraction of sp³-hybridized carbons (Fsp3) is 0.250. The molecule has 0 spiro atoms. The summed E-state index contributed by atoms with van der Waals surface area (Å²) in [4.78, 5) is 24.1. The number of carboxylic acid groups (broad SMARTS) is 1. The third-order valence-electron chi connectivity index (χ3n) is 1.80. The van der Waals surface area contributed by atoms with Crippen LogP contribution in [0, 0.1) is 17.0 Å². The van der Waals surface area contributed by atoms with E-state index in [2.05, 4.69) is 4.98 Å². The highest BCUT2D eigenvalue weighted by Crippen LogP contribution is 2.19. The largest absolute Gasteiger partial charge is 0.481 e. The average Bonchev–Trinajstić information content (AvgIpc) is 2.07. The minimum Gasteiger partial charge on any atom is -0.481 e. The maximum absolute atomic E-state index is 10.5. The molecule has 0 aliphatic carbocycles. The molecule has 0 aliphatic rings. The van der Waals surface area contributed by atoms with Crippen LogP contribution in [0.2, 0.25) is 0 Å². The first-order valence-corrected chi connectivity index (χ1v) is 3.83. The third kappa shape index (κ3) is 2.03. The molecule has 1 N–H and O–H groups in total. The van der Waals surface area contributed by atoms with Crippen LogP contribution >= 0.6 is 0 Å². The van der Waals surface area contributed by atoms with E-state index in [-0.39, 0.29) is 17.8 Å². The number of nitrogens with zero attached hydrogens (tertiary/aromatic N) is 2. The van der Waals surface area contributed by atoms with Crippen molar-refractivity contribution in [2.24, 2.45) is 0 Å². The molecule has 0 unspecified atom stereocenters. The minimum absolute atomic E-state index is 0.101. The van der Waals surface area contributed by atoms with E-state index in [0.717, 1.165) is 0 Å². The zero-order chi connectivity index (χ0) is 10.7. The fourth-order valence-electron chi connectivity index (χ4n) is 1.09. The van der Waals surface area contributed by atoms with Crippen molar-refractivity contribution in [1.29, 1.82) is 0 Å². The minimum atomic E-state index is -1.05. The van der Waals surface area contributed by atoms with E-state index in [1.807, 2.05) is 0 Å². The summed E-state index contributed by atoms with van der Waals surface area (Å²) >= 11 is 0. The Morgan fingerprint density at radius 3 is 2.86 bits per heavy atom. The lowest BCUT2D eigenvalue weighted by molar-refractivity contribution is -0.385. The number of aliphatic carboxylic acids is 1. The number of carbonyl (C=O) groups is 1. The summed E-state index contributed by atoms with van der Waals surface area (Å²) in [6.45, 7) is 1.49. The summed E-state index contributed by atoms with van der Waals surface area (Å²) < 4.78 is 0. The lowest BCUT2D eigenvalue weighted by Crippen LogP contribution is -2.06. The molecule has 0 amide bonds. The van der Waals surface area contributed by atoms with Crippen LogP contribution in [0.3, 0.4) is 0 Å². The first-order valence-electron chi connectivity index (χ1n) is 3.83. The molecule has 1 heterocycles. The second-order valence-corrected chi connectivity index (χ2v) is 2.73. The summed E-state index contributed by atoms with van der Waals surface area (Å²) in [7, 11) is 0. The summed E-state index contributed by atoms with van der Waals surface area (Å²) in [5.41, 5.74) is 0.433. The monoisotopic (exact) mass is 196 g/mol. The van der Waals surface area contributed by atoms with E-state index >= 15 is 0 Å². The van der Waals surface area contributed by atoms with Crippen LogP contribution in [-0.2, 0) is 11.2 Å². The van der Waals surface area contributed by atoms with Gasteiger partial charge in [0.05, 0.1) is 17.0 Å². The lowest BCUT2D eigenvalue weighted by atomic mass is 10.1. The van der Waals surface area contributed by atoms with Gasteiger partial charge in [-0.05, 0) is 6.92 Å². The molecular weight excluding hydrogens is 188 g/mol. The van der Waals surface area contributed by atoms with Gasteiger partial charge in [-0.2, -0.15) is 0 Å². The van der Waals surface area contributed by atoms with Crippen molar-refractivity contribution in [2.45, 2.75) is 13.3 Å². The van der Waals surface area contributed by atoms with Gasteiger partial charge in [-0.15, -0.1) is 0 Å². The van der Waals surface area contributed by atoms with Crippen LogP contribution in [0.1, 0.15) is 11.3 Å². The highest BCUT2D eigenvalue weighted by Gasteiger charge is 2.15. The highest BCUT2D eigenvalue weighted by atomic mass is 16.6. The smallest absolute Gasteiger partial charge is 0.309 e. The van der Waals surface area contributed by atoms with Crippen molar-refractivity contribution >= 4 is 11.7 Å². The van der Waals surface area contributed by atoms with Gasteiger partial charge in [-0.25, -0.2) is 0 Å². The van der Waals surface area contributed by atoms with E-state index in [1.165, 1.54) is 19.2 Å². The van der Waals surface area contributed by atoms with Crippen LogP contribution in [0.15, 0.2) is 12.3 Å². The van der Waals surface area contributed by atoms with Crippen molar-refractivity contribution < 1.29 is 14.8 Å². The van der Waals surface area contributed by atoms with Gasteiger partial charge in [0.25, 0.3) is 5.69 Å². The molecule has 6 heteroatoms. The molecule has 14 heavy (non-hydrogen) atoms. The standard InChI is InChI=1S/C8H8N2O4/c1-5-6(4-8(11)12)9-3-2-7(5)10(13)14/h2-3H,4H2,1H3,(H,11,12). The van der Waals surface area contributed by atoms with Crippen LogP contribution in [0.4, 0.5) is 5.69 Å². The number of aromatic nitrogens is 1. The molecule has 1 rings (SSSR count). The second-order valence-electron chi connectivity index (χ2n) is 2.73. The molecule has 74 valence electrons. The van der Waals surface area contributed by atoms with E-state index in [0.29, 0.717) is 5.56 Å². The second kappa shape index (κ2) is 3.82. The van der Waals surface area contributed by atoms with Crippen LogP contribution in [0.5, 0.6) is 0 Å². The molecule has 0 bridgehead atoms. The maximum Gasteiger partial charge on any atom is 0.309 e. The SMILES string of the molecule is Cc1c([N+](=O)[O-])ccnc1CC(=O)O. The Morgan fingerprint density at radius 1 is 1.71 bits per heavy atom. The van der Waals surface area contributed by atoms with E-state index in [1.54, 1.807) is 0 Å². The van der Waals surface area contributed by atoms with Crippen LogP contribution in [0.25, 0.3) is 0 Å². The van der Waals surface area contributed by atoms with Gasteiger partial charge in [-0.3, -0.25) is 19.9 Å². The Labute approximate surface area is 79.4 Å². The van der Waals surface area contributed by atoms with Crippen molar-refractivity contribution in [1.82, 2.24) is 4.98 Å². The summed E-state index contributed by atoms with van der Waals surface area (Å²) in [6, 6.07) is 1.25. The summed E-state index contributed by atoms with van der Waals surface area (Å²) in [5, 5.41) is 19.0. The van der Waals surface area contributed by atoms with Gasteiger partial charge in [0.2, 0.25) is 0 Å². The molecule has 0 saturated heterocycles. The number of nitro groups is 1. The molecule has 0 radical (unpaired) electrons. The quantitative estimate of drug-likeness (QED) is 0.573. The van der Waals surface area contributed by atoms with Gasteiger partial charge in [-0.1, -0.05) is 0 Å². The van der Waals surface area contributed by atoms with Gasteiger partial charge < -0.3 is 5.11 Å². The zero-order valence-electron chi connectivity index (χ0n) is 7.43. The van der Waals surface area contributed by atoms with E-state index < -0.39 is 10.9 Å². The van der Waals surface area contributed by atoms with E-state index in [4.69, 9.17) is 5.11 Å². The Balaban J connectivity index is 3.13. The molecule has 0 atom stereocenters. The summed E-state index contributed by atoms with van der Waals surface area (Å²) in [5.74, 6) is -1.05. The van der Waals surface area contributed by atoms with Gasteiger partial charge in [0.1, 0.15) is 0 Å². The first kappa shape index (κ1) is 10.1. The number of hydrogen-bond donors (Lipinski definition) is 1. The van der Waals surface area contributed by atoms with Crippen molar-refractivity contribution in [3.63, 3.8) is 0 Å². The van der Waals surface area contributed by atoms with Crippen molar-refractivity contribution in [2.75, 3.05) is 0 Å². The molecule has 0 saturated carbocycles. The molecule has 0 fully saturated rings. The lowest BCUT2D eigenvalue weighted by Gasteiger charge is -2.01. The average molecular weight is 196 g/mol. The Morgan fingerprint density at radius 2 is 2.36 bits per heavy atom. The third-order valence-corrected chi connectivity index (χ3v) is 1.80. The molecule has 1 aromatic heterocycles. The number of carboxylic acids is 1. The first-order chi connectivity index (χ1) is 6.52. The van der Waals surface area contributed by atoms with Crippen molar-refractivity contribution in [3.8, 4) is 0 Å². The highest BCUT2D eigenvalue weighted by molar-refractivity contribution is 5.70. The molecular formula is C8H8N2O4. The number of pyridine rings is 1. The fourth-order valence-corrected chi connectivity index (χ4v) is 1.09. The number of hydrogen-bond acceptors (Lipinski definition) is 4. The Kier molecular flexibility index (Phi) is 2.76.